The molecule has 19 heavy (non-hydrogen) atoms. The lowest BCUT2D eigenvalue weighted by Gasteiger charge is -2.26. The highest BCUT2D eigenvalue weighted by atomic mass is 32.2. The zero-order valence-electron chi connectivity index (χ0n) is 11.1. The number of aryl methyl sites for hydroxylation is 2. The number of hydrogen-bond donors (Lipinski definition) is 2. The van der Waals surface area contributed by atoms with Crippen molar-refractivity contribution < 1.29 is 13.2 Å². The molecule has 0 aliphatic heterocycles. The fraction of sp³-hybridized carbons (Fsp3) is 0.462. The number of benzene rings is 1. The molecule has 2 rings (SSSR count). The minimum absolute atomic E-state index is 0.0110. The molecule has 6 heteroatoms. The smallest absolute Gasteiger partial charge is 0.251 e. The predicted octanol–water partition coefficient (Wildman–Crippen LogP) is 1.23. The van der Waals surface area contributed by atoms with Gasteiger partial charge in [-0.3, -0.25) is 4.79 Å². The van der Waals surface area contributed by atoms with Crippen LogP contribution in [0, 0.1) is 13.8 Å². The molecular weight excluding hydrogens is 264 g/mol. The van der Waals surface area contributed by atoms with E-state index in [1.165, 1.54) is 6.07 Å². The third kappa shape index (κ3) is 2.96. The second-order valence-electron chi connectivity index (χ2n) is 5.08. The molecule has 0 unspecified atom stereocenters. The maximum atomic E-state index is 12.1. The largest absolute Gasteiger partial charge is 0.349 e. The van der Waals surface area contributed by atoms with Gasteiger partial charge in [0, 0.05) is 11.6 Å². The van der Waals surface area contributed by atoms with E-state index in [2.05, 4.69) is 5.32 Å². The molecule has 1 aliphatic carbocycles. The van der Waals surface area contributed by atoms with Gasteiger partial charge in [0.2, 0.25) is 10.0 Å². The normalized spacial score (nSPS) is 15.9. The lowest BCUT2D eigenvalue weighted by Crippen LogP contribution is -2.39. The van der Waals surface area contributed by atoms with Gasteiger partial charge in [0.25, 0.3) is 5.91 Å². The molecule has 0 aromatic heterocycles. The summed E-state index contributed by atoms with van der Waals surface area (Å²) in [6.45, 7) is 3.45. The van der Waals surface area contributed by atoms with Crippen LogP contribution < -0.4 is 10.5 Å². The van der Waals surface area contributed by atoms with Crippen LogP contribution in [0.4, 0.5) is 0 Å². The van der Waals surface area contributed by atoms with Crippen LogP contribution >= 0.6 is 0 Å². The molecule has 0 saturated heterocycles. The van der Waals surface area contributed by atoms with Crippen molar-refractivity contribution in [2.75, 3.05) is 0 Å². The molecule has 104 valence electrons. The monoisotopic (exact) mass is 282 g/mol. The second-order valence-corrected chi connectivity index (χ2v) is 6.61. The molecule has 3 N–H and O–H groups in total. The molecule has 1 saturated carbocycles. The molecule has 0 radical (unpaired) electrons. The maximum Gasteiger partial charge on any atom is 0.251 e. The number of amides is 1. The Bertz CT molecular complexity index is 619. The molecule has 1 aliphatic rings. The van der Waals surface area contributed by atoms with E-state index >= 15 is 0 Å². The summed E-state index contributed by atoms with van der Waals surface area (Å²) in [4.78, 5) is 12.1. The summed E-state index contributed by atoms with van der Waals surface area (Å²) in [5.41, 5.74) is 1.68. The van der Waals surface area contributed by atoms with Crippen molar-refractivity contribution in [1.82, 2.24) is 5.32 Å². The average Bonchev–Trinajstić information content (AvgIpc) is 2.21. The number of carbonyl (C=O) groups is 1. The summed E-state index contributed by atoms with van der Waals surface area (Å²) in [7, 11) is -3.81. The van der Waals surface area contributed by atoms with Crippen LogP contribution in [0.5, 0.6) is 0 Å². The Hall–Kier alpha value is -1.40. The van der Waals surface area contributed by atoms with Gasteiger partial charge in [0.15, 0.2) is 0 Å². The highest BCUT2D eigenvalue weighted by molar-refractivity contribution is 7.89. The lowest BCUT2D eigenvalue weighted by atomic mass is 9.92. The van der Waals surface area contributed by atoms with E-state index in [9.17, 15) is 13.2 Å². The molecule has 0 heterocycles. The Kier molecular flexibility index (Phi) is 3.64. The first kappa shape index (κ1) is 14.0. The summed E-state index contributed by atoms with van der Waals surface area (Å²) >= 11 is 0. The van der Waals surface area contributed by atoms with Crippen molar-refractivity contribution in [3.63, 3.8) is 0 Å². The van der Waals surface area contributed by atoms with Gasteiger partial charge in [0.05, 0.1) is 4.90 Å². The zero-order chi connectivity index (χ0) is 14.2. The topological polar surface area (TPSA) is 89.3 Å². The zero-order valence-corrected chi connectivity index (χ0v) is 11.9. The van der Waals surface area contributed by atoms with Crippen LogP contribution in [-0.4, -0.2) is 20.4 Å². The third-order valence-corrected chi connectivity index (χ3v) is 4.57. The lowest BCUT2D eigenvalue weighted by molar-refractivity contribution is 0.0916. The fourth-order valence-corrected chi connectivity index (χ4v) is 2.99. The van der Waals surface area contributed by atoms with Crippen LogP contribution in [0.1, 0.15) is 40.7 Å². The first-order valence-electron chi connectivity index (χ1n) is 6.24. The summed E-state index contributed by atoms with van der Waals surface area (Å²) in [6.07, 6.45) is 3.09. The Labute approximate surface area is 113 Å². The van der Waals surface area contributed by atoms with Crippen molar-refractivity contribution in [3.05, 3.63) is 28.8 Å². The van der Waals surface area contributed by atoms with Crippen LogP contribution in [0.2, 0.25) is 0 Å². The van der Waals surface area contributed by atoms with Crippen molar-refractivity contribution in [1.29, 1.82) is 0 Å². The Morgan fingerprint density at radius 2 is 1.89 bits per heavy atom. The minimum atomic E-state index is -3.81. The highest BCUT2D eigenvalue weighted by Gasteiger charge is 2.22. The first-order chi connectivity index (χ1) is 8.79. The molecule has 5 nitrogen and oxygen atoms in total. The quantitative estimate of drug-likeness (QED) is 0.874. The maximum absolute atomic E-state index is 12.1. The summed E-state index contributed by atoms with van der Waals surface area (Å²) in [5.74, 6) is -0.230. The fourth-order valence-electron chi connectivity index (χ4n) is 2.20. The number of sulfonamides is 1. The van der Waals surface area contributed by atoms with Gasteiger partial charge in [0.1, 0.15) is 0 Å². The molecule has 1 fully saturated rings. The van der Waals surface area contributed by atoms with Crippen LogP contribution in [0.25, 0.3) is 0 Å². The average molecular weight is 282 g/mol. The number of rotatable bonds is 3. The number of carbonyl (C=O) groups excluding carboxylic acids is 1. The Morgan fingerprint density at radius 1 is 1.26 bits per heavy atom. The summed E-state index contributed by atoms with van der Waals surface area (Å²) in [5, 5.41) is 8.05. The number of primary sulfonamides is 1. The number of nitrogens with one attached hydrogen (secondary N) is 1. The molecule has 0 bridgehead atoms. The number of nitrogens with two attached hydrogens (primary N) is 1. The van der Waals surface area contributed by atoms with Gasteiger partial charge in [-0.25, -0.2) is 13.6 Å². The Balaban J connectivity index is 2.36. The van der Waals surface area contributed by atoms with E-state index in [4.69, 9.17) is 5.14 Å². The van der Waals surface area contributed by atoms with E-state index in [0.29, 0.717) is 11.1 Å². The molecule has 0 atom stereocenters. The van der Waals surface area contributed by atoms with E-state index < -0.39 is 10.0 Å². The summed E-state index contributed by atoms with van der Waals surface area (Å²) in [6, 6.07) is 3.26. The first-order valence-corrected chi connectivity index (χ1v) is 7.78. The molecule has 0 spiro atoms. The van der Waals surface area contributed by atoms with Crippen LogP contribution in [0.3, 0.4) is 0 Å². The van der Waals surface area contributed by atoms with Gasteiger partial charge in [-0.05, 0) is 50.3 Å². The highest BCUT2D eigenvalue weighted by Crippen LogP contribution is 2.22. The third-order valence-electron chi connectivity index (χ3n) is 3.51. The van der Waals surface area contributed by atoms with E-state index in [1.807, 2.05) is 0 Å². The van der Waals surface area contributed by atoms with E-state index in [-0.39, 0.29) is 16.8 Å². The van der Waals surface area contributed by atoms with Gasteiger partial charge >= 0.3 is 0 Å². The van der Waals surface area contributed by atoms with Crippen molar-refractivity contribution in [2.45, 2.75) is 44.0 Å². The van der Waals surface area contributed by atoms with Gasteiger partial charge in [-0.2, -0.15) is 0 Å². The number of hydrogen-bond acceptors (Lipinski definition) is 3. The Morgan fingerprint density at radius 3 is 2.37 bits per heavy atom. The molecule has 1 aromatic rings. The van der Waals surface area contributed by atoms with Crippen LogP contribution in [0.15, 0.2) is 17.0 Å². The SMILES string of the molecule is Cc1cc(C)c(S(N)(=O)=O)cc1C(=O)NC1CCC1. The standard InChI is InChI=1S/C13H18N2O3S/c1-8-6-9(2)12(19(14,17)18)7-11(8)13(16)15-10-4-3-5-10/h6-7,10H,3-5H2,1-2H3,(H,15,16)(H2,14,17,18). The summed E-state index contributed by atoms with van der Waals surface area (Å²) < 4.78 is 23.0. The molecule has 1 aromatic carbocycles. The molecular formula is C13H18N2O3S. The van der Waals surface area contributed by atoms with E-state index in [1.54, 1.807) is 19.9 Å². The van der Waals surface area contributed by atoms with Crippen molar-refractivity contribution in [3.8, 4) is 0 Å². The van der Waals surface area contributed by atoms with Crippen molar-refractivity contribution >= 4 is 15.9 Å². The van der Waals surface area contributed by atoms with E-state index in [0.717, 1.165) is 24.8 Å². The predicted molar refractivity (Wildman–Crippen MR) is 72.4 cm³/mol. The van der Waals surface area contributed by atoms with Crippen LogP contribution in [-0.2, 0) is 10.0 Å². The second kappa shape index (κ2) is 4.94. The minimum Gasteiger partial charge on any atom is -0.349 e. The van der Waals surface area contributed by atoms with Crippen molar-refractivity contribution in [2.24, 2.45) is 5.14 Å². The van der Waals surface area contributed by atoms with Gasteiger partial charge in [-0.15, -0.1) is 0 Å². The van der Waals surface area contributed by atoms with Gasteiger partial charge in [-0.1, -0.05) is 6.07 Å². The molecule has 1 amide bonds. The van der Waals surface area contributed by atoms with Gasteiger partial charge < -0.3 is 5.32 Å².